The van der Waals surface area contributed by atoms with Crippen molar-refractivity contribution in [2.24, 2.45) is 17.6 Å². The van der Waals surface area contributed by atoms with Crippen molar-refractivity contribution in [1.29, 1.82) is 0 Å². The fourth-order valence-corrected chi connectivity index (χ4v) is 2.35. The first kappa shape index (κ1) is 16.8. The van der Waals surface area contributed by atoms with E-state index < -0.39 is 0 Å². The molecule has 4 heteroatoms. The highest BCUT2D eigenvalue weighted by molar-refractivity contribution is 5.79. The molecule has 0 aliphatic heterocycles. The van der Waals surface area contributed by atoms with E-state index in [1.807, 2.05) is 37.8 Å². The van der Waals surface area contributed by atoms with Crippen LogP contribution in [0.25, 0.3) is 0 Å². The van der Waals surface area contributed by atoms with Crippen molar-refractivity contribution in [3.63, 3.8) is 0 Å². The summed E-state index contributed by atoms with van der Waals surface area (Å²) in [6, 6.07) is 3.99. The Morgan fingerprint density at radius 3 is 2.35 bits per heavy atom. The molecular weight excluding hydrogens is 252 g/mol. The number of hydrogen-bond acceptors (Lipinski definition) is 3. The minimum absolute atomic E-state index is 0.103. The first-order chi connectivity index (χ1) is 9.35. The van der Waals surface area contributed by atoms with E-state index in [9.17, 15) is 4.79 Å². The Labute approximate surface area is 122 Å². The van der Waals surface area contributed by atoms with Gasteiger partial charge in [0.2, 0.25) is 5.91 Å². The summed E-state index contributed by atoms with van der Waals surface area (Å²) in [5, 5.41) is 0. The van der Waals surface area contributed by atoms with Crippen molar-refractivity contribution in [3.8, 4) is 0 Å². The normalized spacial score (nSPS) is 13.0. The van der Waals surface area contributed by atoms with Crippen LogP contribution in [0, 0.1) is 18.8 Å². The van der Waals surface area contributed by atoms with Crippen LogP contribution in [0.4, 0.5) is 0 Å². The molecule has 0 spiro atoms. The summed E-state index contributed by atoms with van der Waals surface area (Å²) in [5.41, 5.74) is 5.79. The molecule has 0 fully saturated rings. The Kier molecular flexibility index (Phi) is 6.27. The molecule has 0 aliphatic carbocycles. The molecule has 0 saturated heterocycles. The molecule has 4 nitrogen and oxygen atoms in total. The Morgan fingerprint density at radius 2 is 1.95 bits per heavy atom. The molecule has 1 atom stereocenters. The van der Waals surface area contributed by atoms with Crippen molar-refractivity contribution in [2.75, 3.05) is 6.54 Å². The van der Waals surface area contributed by atoms with Crippen LogP contribution in [0.1, 0.15) is 45.6 Å². The van der Waals surface area contributed by atoms with Crippen LogP contribution in [0.15, 0.2) is 16.5 Å². The molecule has 0 saturated carbocycles. The van der Waals surface area contributed by atoms with E-state index in [0.717, 1.165) is 17.9 Å². The molecule has 114 valence electrons. The second-order valence-electron chi connectivity index (χ2n) is 6.13. The largest absolute Gasteiger partial charge is 0.464 e. The van der Waals surface area contributed by atoms with Crippen LogP contribution in [0.2, 0.25) is 0 Å². The Morgan fingerprint density at radius 1 is 1.30 bits per heavy atom. The van der Waals surface area contributed by atoms with Crippen molar-refractivity contribution in [1.82, 2.24) is 4.90 Å². The third-order valence-corrected chi connectivity index (χ3v) is 3.42. The van der Waals surface area contributed by atoms with Crippen molar-refractivity contribution < 1.29 is 9.21 Å². The van der Waals surface area contributed by atoms with Crippen LogP contribution >= 0.6 is 0 Å². The lowest BCUT2D eigenvalue weighted by Gasteiger charge is -2.30. The second kappa shape index (κ2) is 7.48. The molecule has 1 heterocycles. The molecular formula is C16H28N2O2. The van der Waals surface area contributed by atoms with E-state index in [4.69, 9.17) is 10.2 Å². The van der Waals surface area contributed by atoms with Crippen LogP contribution in [-0.4, -0.2) is 23.4 Å². The van der Waals surface area contributed by atoms with Gasteiger partial charge in [-0.25, -0.2) is 0 Å². The van der Waals surface area contributed by atoms with Crippen LogP contribution in [-0.2, 0) is 11.3 Å². The van der Waals surface area contributed by atoms with Gasteiger partial charge in [-0.05, 0) is 45.2 Å². The maximum atomic E-state index is 12.7. The molecule has 0 radical (unpaired) electrons. The van der Waals surface area contributed by atoms with Gasteiger partial charge >= 0.3 is 0 Å². The molecule has 0 aliphatic rings. The number of amides is 1. The number of carbonyl (C=O) groups excluding carboxylic acids is 1. The van der Waals surface area contributed by atoms with Gasteiger partial charge in [-0.15, -0.1) is 0 Å². The third-order valence-electron chi connectivity index (χ3n) is 3.42. The van der Waals surface area contributed by atoms with E-state index in [1.165, 1.54) is 0 Å². The van der Waals surface area contributed by atoms with Crippen LogP contribution in [0.5, 0.6) is 0 Å². The molecule has 20 heavy (non-hydrogen) atoms. The molecule has 1 amide bonds. The number of nitrogens with zero attached hydrogens (tertiary/aromatic N) is 1. The van der Waals surface area contributed by atoms with Gasteiger partial charge in [0.05, 0.1) is 12.5 Å². The lowest BCUT2D eigenvalue weighted by Crippen LogP contribution is -2.43. The van der Waals surface area contributed by atoms with E-state index in [2.05, 4.69) is 13.8 Å². The summed E-state index contributed by atoms with van der Waals surface area (Å²) in [4.78, 5) is 14.5. The first-order valence-electron chi connectivity index (χ1n) is 7.41. The molecule has 1 aromatic rings. The number of rotatable bonds is 7. The highest BCUT2D eigenvalue weighted by Gasteiger charge is 2.26. The maximum absolute atomic E-state index is 12.7. The zero-order valence-corrected chi connectivity index (χ0v) is 13.3. The summed E-state index contributed by atoms with van der Waals surface area (Å²) in [5.74, 6) is 2.18. The van der Waals surface area contributed by atoms with Gasteiger partial charge in [0, 0.05) is 12.6 Å². The predicted octanol–water partition coefficient (Wildman–Crippen LogP) is 2.95. The first-order valence-corrected chi connectivity index (χ1v) is 7.41. The SMILES string of the molecule is Cc1ccc(CN(C(=O)C(CN)CC(C)C)C(C)C)o1. The van der Waals surface area contributed by atoms with E-state index in [0.29, 0.717) is 19.0 Å². The van der Waals surface area contributed by atoms with E-state index in [1.54, 1.807) is 0 Å². The molecule has 1 unspecified atom stereocenters. The summed E-state index contributed by atoms with van der Waals surface area (Å²) < 4.78 is 5.58. The highest BCUT2D eigenvalue weighted by Crippen LogP contribution is 2.18. The van der Waals surface area contributed by atoms with Gasteiger partial charge in [-0.1, -0.05) is 13.8 Å². The molecule has 0 aromatic carbocycles. The topological polar surface area (TPSA) is 59.5 Å². The van der Waals surface area contributed by atoms with Crippen molar-refractivity contribution in [2.45, 2.75) is 53.6 Å². The van der Waals surface area contributed by atoms with E-state index >= 15 is 0 Å². The smallest absolute Gasteiger partial charge is 0.227 e. The fourth-order valence-electron chi connectivity index (χ4n) is 2.35. The monoisotopic (exact) mass is 280 g/mol. The molecule has 0 bridgehead atoms. The van der Waals surface area contributed by atoms with Gasteiger partial charge in [0.25, 0.3) is 0 Å². The Hall–Kier alpha value is -1.29. The number of nitrogens with two attached hydrogens (primary N) is 1. The molecule has 1 aromatic heterocycles. The lowest BCUT2D eigenvalue weighted by molar-refractivity contribution is -0.138. The average Bonchev–Trinajstić information content (AvgIpc) is 2.77. The lowest BCUT2D eigenvalue weighted by atomic mass is 9.95. The Balaban J connectivity index is 2.81. The van der Waals surface area contributed by atoms with Crippen molar-refractivity contribution in [3.05, 3.63) is 23.7 Å². The molecule has 1 rings (SSSR count). The summed E-state index contributed by atoms with van der Waals surface area (Å²) in [6.07, 6.45) is 0.829. The predicted molar refractivity (Wildman–Crippen MR) is 81.1 cm³/mol. The average molecular weight is 280 g/mol. The number of carbonyl (C=O) groups is 1. The van der Waals surface area contributed by atoms with Crippen molar-refractivity contribution >= 4 is 5.91 Å². The minimum Gasteiger partial charge on any atom is -0.464 e. The maximum Gasteiger partial charge on any atom is 0.227 e. The zero-order chi connectivity index (χ0) is 15.3. The van der Waals surface area contributed by atoms with Gasteiger partial charge in [-0.2, -0.15) is 0 Å². The minimum atomic E-state index is -0.103. The van der Waals surface area contributed by atoms with Gasteiger partial charge in [-0.3, -0.25) is 4.79 Å². The zero-order valence-electron chi connectivity index (χ0n) is 13.3. The number of hydrogen-bond donors (Lipinski definition) is 1. The van der Waals surface area contributed by atoms with E-state index in [-0.39, 0.29) is 17.9 Å². The van der Waals surface area contributed by atoms with Gasteiger partial charge in [0.15, 0.2) is 0 Å². The fraction of sp³-hybridized carbons (Fsp3) is 0.688. The summed E-state index contributed by atoms with van der Waals surface area (Å²) >= 11 is 0. The standard InChI is InChI=1S/C16H28N2O2/c1-11(2)8-14(9-17)16(19)18(12(3)4)10-15-7-6-13(5)20-15/h6-7,11-12,14H,8-10,17H2,1-5H3. The number of aryl methyl sites for hydroxylation is 1. The van der Waals surface area contributed by atoms with Gasteiger partial charge < -0.3 is 15.1 Å². The number of furan rings is 1. The second-order valence-corrected chi connectivity index (χ2v) is 6.13. The van der Waals surface area contributed by atoms with Crippen LogP contribution < -0.4 is 5.73 Å². The third kappa shape index (κ3) is 4.67. The highest BCUT2D eigenvalue weighted by atomic mass is 16.3. The summed E-state index contributed by atoms with van der Waals surface area (Å²) in [6.45, 7) is 11.1. The molecule has 2 N–H and O–H groups in total. The summed E-state index contributed by atoms with van der Waals surface area (Å²) in [7, 11) is 0. The van der Waals surface area contributed by atoms with Gasteiger partial charge in [0.1, 0.15) is 11.5 Å². The Bertz CT molecular complexity index is 424. The quantitative estimate of drug-likeness (QED) is 0.835. The van der Waals surface area contributed by atoms with Crippen LogP contribution in [0.3, 0.4) is 0 Å².